The van der Waals surface area contributed by atoms with Gasteiger partial charge in [-0.3, -0.25) is 4.79 Å². The third kappa shape index (κ3) is 6.71. The average Bonchev–Trinajstić information content (AvgIpc) is 2.93. The van der Waals surface area contributed by atoms with Crippen LogP contribution in [0, 0.1) is 19.8 Å². The molecule has 3 aromatic rings. The molecule has 38 heavy (non-hydrogen) atoms. The Morgan fingerprint density at radius 3 is 2.29 bits per heavy atom. The number of esters is 1. The van der Waals surface area contributed by atoms with E-state index in [4.69, 9.17) is 4.74 Å². The molecule has 1 fully saturated rings. The highest BCUT2D eigenvalue weighted by Crippen LogP contribution is 2.26. The summed E-state index contributed by atoms with van der Waals surface area (Å²) in [5.41, 5.74) is 5.65. The van der Waals surface area contributed by atoms with Crippen molar-refractivity contribution >= 4 is 23.4 Å². The molecular weight excluding hydrogens is 476 g/mol. The summed E-state index contributed by atoms with van der Waals surface area (Å²) in [6.45, 7) is 5.81. The summed E-state index contributed by atoms with van der Waals surface area (Å²) in [6, 6.07) is 19.4. The third-order valence-electron chi connectivity index (χ3n) is 7.42. The van der Waals surface area contributed by atoms with E-state index in [2.05, 4.69) is 44.8 Å². The van der Waals surface area contributed by atoms with Crippen molar-refractivity contribution in [2.75, 3.05) is 37.5 Å². The smallest absolute Gasteiger partial charge is 0.328 e. The van der Waals surface area contributed by atoms with Crippen LogP contribution in [-0.4, -0.2) is 50.1 Å². The van der Waals surface area contributed by atoms with Crippen molar-refractivity contribution in [1.82, 2.24) is 10.3 Å². The first kappa shape index (κ1) is 27.2. The molecule has 4 rings (SSSR count). The van der Waals surface area contributed by atoms with Crippen LogP contribution < -0.4 is 15.5 Å². The molecule has 2 N–H and O–H groups in total. The molecule has 2 aromatic carbocycles. The summed E-state index contributed by atoms with van der Waals surface area (Å²) in [4.78, 5) is 32.6. The number of aryl methyl sites for hydroxylation is 2. The monoisotopic (exact) mass is 514 g/mol. The number of aromatic nitrogens is 1. The first-order valence-corrected chi connectivity index (χ1v) is 13.3. The minimum atomic E-state index is -0.761. The van der Waals surface area contributed by atoms with Gasteiger partial charge in [-0.15, -0.1) is 0 Å². The predicted octanol–water partition coefficient (Wildman–Crippen LogP) is 4.71. The maximum atomic E-state index is 13.0. The van der Waals surface area contributed by atoms with Gasteiger partial charge < -0.3 is 20.3 Å². The van der Waals surface area contributed by atoms with Gasteiger partial charge in [0.15, 0.2) is 0 Å². The van der Waals surface area contributed by atoms with E-state index in [0.717, 1.165) is 60.6 Å². The number of hydrogen-bond acceptors (Lipinski definition) is 6. The number of ether oxygens (including phenoxy) is 1. The lowest BCUT2D eigenvalue weighted by molar-refractivity contribution is -0.142. The summed E-state index contributed by atoms with van der Waals surface area (Å²) in [6.07, 6.45) is 3.62. The van der Waals surface area contributed by atoms with Gasteiger partial charge >= 0.3 is 5.97 Å². The Kier molecular flexibility index (Phi) is 9.00. The highest BCUT2D eigenvalue weighted by atomic mass is 16.5. The zero-order chi connectivity index (χ0) is 27.1. The zero-order valence-corrected chi connectivity index (χ0v) is 22.8. The normalized spacial score (nSPS) is 14.6. The topological polar surface area (TPSA) is 83.6 Å². The molecule has 200 valence electrons. The van der Waals surface area contributed by atoms with Crippen LogP contribution in [0.3, 0.4) is 0 Å². The lowest BCUT2D eigenvalue weighted by Gasteiger charge is -2.33. The Morgan fingerprint density at radius 2 is 1.66 bits per heavy atom. The molecule has 1 amide bonds. The molecule has 1 saturated heterocycles. The summed E-state index contributed by atoms with van der Waals surface area (Å²) in [5, 5.41) is 6.01. The van der Waals surface area contributed by atoms with Crippen LogP contribution in [0.25, 0.3) is 0 Å². The minimum Gasteiger partial charge on any atom is -0.467 e. The van der Waals surface area contributed by atoms with Gasteiger partial charge in [-0.05, 0) is 80.0 Å². The van der Waals surface area contributed by atoms with Crippen LogP contribution in [0.2, 0.25) is 0 Å². The molecule has 1 aliphatic heterocycles. The number of hydrogen-bond donors (Lipinski definition) is 2. The fraction of sp³-hybridized carbons (Fsp3) is 0.387. The number of anilines is 2. The molecule has 7 heteroatoms. The van der Waals surface area contributed by atoms with Crippen LogP contribution >= 0.6 is 0 Å². The second-order valence-corrected chi connectivity index (χ2v) is 10.1. The number of benzene rings is 2. The van der Waals surface area contributed by atoms with Crippen molar-refractivity contribution in [3.8, 4) is 0 Å². The van der Waals surface area contributed by atoms with E-state index >= 15 is 0 Å². The number of piperidine rings is 1. The van der Waals surface area contributed by atoms with Gasteiger partial charge in [0.05, 0.1) is 7.11 Å². The Bertz CT molecular complexity index is 1230. The zero-order valence-electron chi connectivity index (χ0n) is 22.8. The summed E-state index contributed by atoms with van der Waals surface area (Å²) in [7, 11) is 3.24. The number of rotatable bonds is 9. The second-order valence-electron chi connectivity index (χ2n) is 10.1. The quantitative estimate of drug-likeness (QED) is 0.402. The van der Waals surface area contributed by atoms with Gasteiger partial charge in [-0.25, -0.2) is 9.78 Å². The molecule has 7 nitrogen and oxygen atoms in total. The third-order valence-corrected chi connectivity index (χ3v) is 7.42. The molecular formula is C31H38N4O3. The van der Waals surface area contributed by atoms with Crippen molar-refractivity contribution in [3.63, 3.8) is 0 Å². The van der Waals surface area contributed by atoms with Crippen LogP contribution in [0.4, 0.5) is 11.5 Å². The number of carbonyl (C=O) groups is 2. The molecule has 1 aliphatic rings. The maximum Gasteiger partial charge on any atom is 0.328 e. The number of carbonyl (C=O) groups excluding carboxylic acids is 2. The number of pyridine rings is 1. The van der Waals surface area contributed by atoms with E-state index in [1.165, 1.54) is 12.8 Å². The Morgan fingerprint density at radius 1 is 1.00 bits per heavy atom. The molecule has 1 atom stereocenters. The number of nitrogens with one attached hydrogen (secondary N) is 2. The highest BCUT2D eigenvalue weighted by Gasteiger charge is 2.25. The number of methoxy groups -OCH3 is 1. The van der Waals surface area contributed by atoms with Gasteiger partial charge in [0, 0.05) is 43.5 Å². The predicted molar refractivity (Wildman–Crippen MR) is 152 cm³/mol. The summed E-state index contributed by atoms with van der Waals surface area (Å²) in [5.74, 6) is 0.833. The molecule has 0 unspecified atom stereocenters. The van der Waals surface area contributed by atoms with Gasteiger partial charge in [-0.1, -0.05) is 36.4 Å². The van der Waals surface area contributed by atoms with E-state index in [-0.39, 0.29) is 5.91 Å². The lowest BCUT2D eigenvalue weighted by Crippen LogP contribution is -2.43. The summed E-state index contributed by atoms with van der Waals surface area (Å²) >= 11 is 0. The van der Waals surface area contributed by atoms with Crippen LogP contribution in [-0.2, 0) is 22.4 Å². The van der Waals surface area contributed by atoms with E-state index in [9.17, 15) is 9.59 Å². The maximum absolute atomic E-state index is 13.0. The van der Waals surface area contributed by atoms with E-state index < -0.39 is 12.0 Å². The van der Waals surface area contributed by atoms with E-state index in [1.54, 1.807) is 0 Å². The molecule has 0 spiro atoms. The van der Waals surface area contributed by atoms with Gasteiger partial charge in [0.25, 0.3) is 5.91 Å². The SMILES string of the molecule is CNc1cccc(CC2CCN(c3ccc(C[C@H](NC(=O)c4c(C)cccc4C)C(=O)OC)cc3)CC2)n1. The highest BCUT2D eigenvalue weighted by molar-refractivity contribution is 5.99. The van der Waals surface area contributed by atoms with Crippen LogP contribution in [0.15, 0.2) is 60.7 Å². The first-order valence-electron chi connectivity index (χ1n) is 13.3. The molecule has 0 radical (unpaired) electrons. The Hall–Kier alpha value is -3.87. The first-order chi connectivity index (χ1) is 18.4. The standard InChI is InChI=1S/C31H38N4O3/c1-21-7-5-8-22(2)29(21)30(36)34-27(31(37)38-4)20-23-11-13-26(14-12-23)35-17-15-24(16-18-35)19-25-9-6-10-28(32-3)33-25/h5-14,24,27H,15-20H2,1-4H3,(H,32,33)(H,34,36)/t27-/m0/s1. The number of amides is 1. The Balaban J connectivity index is 1.35. The second kappa shape index (κ2) is 12.6. The molecule has 2 heterocycles. The van der Waals surface area contributed by atoms with Crippen LogP contribution in [0.1, 0.15) is 45.6 Å². The van der Waals surface area contributed by atoms with Gasteiger partial charge in [-0.2, -0.15) is 0 Å². The van der Waals surface area contributed by atoms with E-state index in [0.29, 0.717) is 17.9 Å². The Labute approximate surface area is 225 Å². The van der Waals surface area contributed by atoms with Crippen molar-refractivity contribution in [2.24, 2.45) is 5.92 Å². The fourth-order valence-corrected chi connectivity index (χ4v) is 5.24. The van der Waals surface area contributed by atoms with Crippen molar-refractivity contribution in [3.05, 3.63) is 88.6 Å². The van der Waals surface area contributed by atoms with Crippen molar-refractivity contribution in [1.29, 1.82) is 0 Å². The van der Waals surface area contributed by atoms with Crippen LogP contribution in [0.5, 0.6) is 0 Å². The van der Waals surface area contributed by atoms with E-state index in [1.807, 2.05) is 57.3 Å². The van der Waals surface area contributed by atoms with Crippen molar-refractivity contribution in [2.45, 2.75) is 45.6 Å². The lowest BCUT2D eigenvalue weighted by atomic mass is 9.91. The van der Waals surface area contributed by atoms with Gasteiger partial charge in [0.1, 0.15) is 11.9 Å². The fourth-order valence-electron chi connectivity index (χ4n) is 5.24. The average molecular weight is 515 g/mol. The number of nitrogens with zero attached hydrogens (tertiary/aromatic N) is 2. The molecule has 0 aliphatic carbocycles. The molecule has 0 bridgehead atoms. The minimum absolute atomic E-state index is 0.261. The van der Waals surface area contributed by atoms with Gasteiger partial charge in [0.2, 0.25) is 0 Å². The summed E-state index contributed by atoms with van der Waals surface area (Å²) < 4.78 is 5.00. The largest absolute Gasteiger partial charge is 0.467 e. The molecule has 1 aromatic heterocycles. The molecule has 0 saturated carbocycles. The van der Waals surface area contributed by atoms with Crippen molar-refractivity contribution < 1.29 is 14.3 Å².